The highest BCUT2D eigenvalue weighted by atomic mass is 19.4. The van der Waals surface area contributed by atoms with E-state index in [4.69, 9.17) is 14.7 Å². The third-order valence-electron chi connectivity index (χ3n) is 2.37. The van der Waals surface area contributed by atoms with Crippen LogP contribution in [-0.4, -0.2) is 26.0 Å². The first-order chi connectivity index (χ1) is 9.80. The molecule has 0 N–H and O–H groups in total. The van der Waals surface area contributed by atoms with Gasteiger partial charge in [-0.2, -0.15) is 5.26 Å². The second-order valence-corrected chi connectivity index (χ2v) is 3.80. The fourth-order valence-corrected chi connectivity index (χ4v) is 1.60. The molecule has 1 aromatic carbocycles. The standard InChI is InChI=1S/C13H12F3NO4/c1-3-20-12(18)5-8-4-9(19-2)6-11(10(8)7-17)21-13(14,15)16/h4,6H,3,5H2,1-2H3. The monoisotopic (exact) mass is 303 g/mol. The van der Waals surface area contributed by atoms with Crippen LogP contribution in [-0.2, 0) is 16.0 Å². The van der Waals surface area contributed by atoms with Gasteiger partial charge in [0.25, 0.3) is 0 Å². The number of esters is 1. The van der Waals surface area contributed by atoms with E-state index < -0.39 is 18.1 Å². The number of nitrogens with zero attached hydrogens (tertiary/aromatic N) is 1. The van der Waals surface area contributed by atoms with Gasteiger partial charge in [-0.25, -0.2) is 0 Å². The molecule has 114 valence electrons. The average Bonchev–Trinajstić information content (AvgIpc) is 2.36. The number of methoxy groups -OCH3 is 1. The maximum absolute atomic E-state index is 12.3. The van der Waals surface area contributed by atoms with Gasteiger partial charge in [0.15, 0.2) is 5.75 Å². The lowest BCUT2D eigenvalue weighted by molar-refractivity contribution is -0.274. The largest absolute Gasteiger partial charge is 0.573 e. The van der Waals surface area contributed by atoms with E-state index in [1.807, 2.05) is 0 Å². The Kier molecular flexibility index (Phi) is 5.41. The number of hydrogen-bond donors (Lipinski definition) is 0. The summed E-state index contributed by atoms with van der Waals surface area (Å²) in [7, 11) is 1.24. The van der Waals surface area contributed by atoms with Gasteiger partial charge in [-0.05, 0) is 18.6 Å². The Morgan fingerprint density at radius 1 is 1.38 bits per heavy atom. The summed E-state index contributed by atoms with van der Waals surface area (Å²) in [6.45, 7) is 1.71. The SMILES string of the molecule is CCOC(=O)Cc1cc(OC)cc(OC(F)(F)F)c1C#N. The molecule has 1 aromatic rings. The molecule has 0 fully saturated rings. The lowest BCUT2D eigenvalue weighted by Gasteiger charge is -2.14. The number of nitriles is 1. The third kappa shape index (κ3) is 4.87. The van der Waals surface area contributed by atoms with Crippen molar-refractivity contribution in [1.82, 2.24) is 0 Å². The number of benzene rings is 1. The summed E-state index contributed by atoms with van der Waals surface area (Å²) in [5.41, 5.74) is -0.351. The molecule has 0 saturated heterocycles. The molecule has 0 aliphatic carbocycles. The number of hydrogen-bond acceptors (Lipinski definition) is 5. The van der Waals surface area contributed by atoms with E-state index in [-0.39, 0.29) is 29.9 Å². The fraction of sp³-hybridized carbons (Fsp3) is 0.385. The van der Waals surface area contributed by atoms with Gasteiger partial charge < -0.3 is 14.2 Å². The molecule has 1 rings (SSSR count). The van der Waals surface area contributed by atoms with Crippen molar-refractivity contribution in [2.75, 3.05) is 13.7 Å². The second kappa shape index (κ2) is 6.83. The average molecular weight is 303 g/mol. The lowest BCUT2D eigenvalue weighted by atomic mass is 10.0. The van der Waals surface area contributed by atoms with Gasteiger partial charge in [0, 0.05) is 6.07 Å². The molecule has 0 saturated carbocycles. The zero-order valence-electron chi connectivity index (χ0n) is 11.3. The van der Waals surface area contributed by atoms with Crippen molar-refractivity contribution in [2.24, 2.45) is 0 Å². The number of carbonyl (C=O) groups is 1. The number of halogens is 3. The van der Waals surface area contributed by atoms with E-state index in [2.05, 4.69) is 4.74 Å². The summed E-state index contributed by atoms with van der Waals surface area (Å²) >= 11 is 0. The van der Waals surface area contributed by atoms with Gasteiger partial charge >= 0.3 is 12.3 Å². The van der Waals surface area contributed by atoms with Crippen molar-refractivity contribution in [2.45, 2.75) is 19.7 Å². The number of alkyl halides is 3. The van der Waals surface area contributed by atoms with Crippen LogP contribution in [0.3, 0.4) is 0 Å². The summed E-state index contributed by atoms with van der Waals surface area (Å²) in [5.74, 6) is -1.35. The van der Waals surface area contributed by atoms with Crippen LogP contribution < -0.4 is 9.47 Å². The van der Waals surface area contributed by atoms with Crippen molar-refractivity contribution in [3.8, 4) is 17.6 Å². The van der Waals surface area contributed by atoms with Crippen molar-refractivity contribution in [3.63, 3.8) is 0 Å². The Morgan fingerprint density at radius 3 is 2.52 bits per heavy atom. The van der Waals surface area contributed by atoms with Crippen LogP contribution in [0, 0.1) is 11.3 Å². The quantitative estimate of drug-likeness (QED) is 0.782. The molecule has 0 spiro atoms. The summed E-state index contributed by atoms with van der Waals surface area (Å²) < 4.78 is 50.4. The summed E-state index contributed by atoms with van der Waals surface area (Å²) in [6.07, 6.45) is -5.32. The highest BCUT2D eigenvalue weighted by molar-refractivity contribution is 5.74. The van der Waals surface area contributed by atoms with Gasteiger partial charge in [0.05, 0.1) is 25.7 Å². The van der Waals surface area contributed by atoms with Crippen LogP contribution in [0.2, 0.25) is 0 Å². The van der Waals surface area contributed by atoms with Crippen molar-refractivity contribution >= 4 is 5.97 Å². The van der Waals surface area contributed by atoms with Crippen molar-refractivity contribution in [1.29, 1.82) is 5.26 Å². The van der Waals surface area contributed by atoms with E-state index in [0.717, 1.165) is 6.07 Å². The van der Waals surface area contributed by atoms with Crippen LogP contribution in [0.15, 0.2) is 12.1 Å². The normalized spacial score (nSPS) is 10.7. The molecule has 21 heavy (non-hydrogen) atoms. The highest BCUT2D eigenvalue weighted by Gasteiger charge is 2.33. The molecule has 0 amide bonds. The van der Waals surface area contributed by atoms with E-state index in [1.165, 1.54) is 13.2 Å². The first-order valence-corrected chi connectivity index (χ1v) is 5.83. The van der Waals surface area contributed by atoms with Crippen molar-refractivity contribution in [3.05, 3.63) is 23.3 Å². The van der Waals surface area contributed by atoms with Crippen LogP contribution in [0.5, 0.6) is 11.5 Å². The third-order valence-corrected chi connectivity index (χ3v) is 2.37. The molecular formula is C13H12F3NO4. The highest BCUT2D eigenvalue weighted by Crippen LogP contribution is 2.32. The predicted octanol–water partition coefficient (Wildman–Crippen LogP) is 2.57. The second-order valence-electron chi connectivity index (χ2n) is 3.80. The minimum Gasteiger partial charge on any atom is -0.497 e. The molecular weight excluding hydrogens is 291 g/mol. The molecule has 0 radical (unpaired) electrons. The molecule has 0 heterocycles. The van der Waals surface area contributed by atoms with E-state index in [1.54, 1.807) is 13.0 Å². The van der Waals surface area contributed by atoms with Crippen LogP contribution in [0.4, 0.5) is 13.2 Å². The zero-order chi connectivity index (χ0) is 16.0. The predicted molar refractivity (Wildman–Crippen MR) is 64.7 cm³/mol. The summed E-state index contributed by atoms with van der Waals surface area (Å²) in [6, 6.07) is 3.82. The Balaban J connectivity index is 3.25. The summed E-state index contributed by atoms with van der Waals surface area (Å²) in [4.78, 5) is 11.4. The minimum atomic E-state index is -4.96. The van der Waals surface area contributed by atoms with E-state index in [9.17, 15) is 18.0 Å². The van der Waals surface area contributed by atoms with Gasteiger partial charge in [0.1, 0.15) is 11.8 Å². The van der Waals surface area contributed by atoms with Gasteiger partial charge in [-0.15, -0.1) is 13.2 Å². The smallest absolute Gasteiger partial charge is 0.497 e. The molecule has 5 nitrogen and oxygen atoms in total. The van der Waals surface area contributed by atoms with Gasteiger partial charge in [-0.1, -0.05) is 0 Å². The van der Waals surface area contributed by atoms with Gasteiger partial charge in [0.2, 0.25) is 0 Å². The summed E-state index contributed by atoms with van der Waals surface area (Å²) in [5, 5.41) is 9.01. The molecule has 0 unspecified atom stereocenters. The first kappa shape index (κ1) is 16.6. The molecule has 0 atom stereocenters. The zero-order valence-corrected chi connectivity index (χ0v) is 11.3. The minimum absolute atomic E-state index is 0.0348. The topological polar surface area (TPSA) is 68.6 Å². The number of ether oxygens (including phenoxy) is 3. The maximum atomic E-state index is 12.3. The molecule has 0 aliphatic heterocycles. The molecule has 0 aromatic heterocycles. The number of carbonyl (C=O) groups excluding carboxylic acids is 1. The van der Waals surface area contributed by atoms with Gasteiger partial charge in [-0.3, -0.25) is 4.79 Å². The Morgan fingerprint density at radius 2 is 2.05 bits per heavy atom. The number of rotatable bonds is 5. The Hall–Kier alpha value is -2.43. The fourth-order valence-electron chi connectivity index (χ4n) is 1.60. The maximum Gasteiger partial charge on any atom is 0.573 e. The Labute approximate surface area is 118 Å². The molecule has 0 aliphatic rings. The van der Waals surface area contributed by atoms with Crippen LogP contribution in [0.25, 0.3) is 0 Å². The Bertz CT molecular complexity index is 564. The van der Waals surface area contributed by atoms with E-state index in [0.29, 0.717) is 0 Å². The van der Waals surface area contributed by atoms with Crippen LogP contribution >= 0.6 is 0 Å². The molecule has 0 bridgehead atoms. The van der Waals surface area contributed by atoms with Crippen molar-refractivity contribution < 1.29 is 32.2 Å². The first-order valence-electron chi connectivity index (χ1n) is 5.83. The molecule has 8 heteroatoms. The lowest BCUT2D eigenvalue weighted by Crippen LogP contribution is -2.19. The van der Waals surface area contributed by atoms with E-state index >= 15 is 0 Å². The van der Waals surface area contributed by atoms with Crippen LogP contribution in [0.1, 0.15) is 18.1 Å².